The molecule has 0 atom stereocenters. The monoisotopic (exact) mass is 589 g/mol. The van der Waals surface area contributed by atoms with Gasteiger partial charge in [-0.2, -0.15) is 10.5 Å². The van der Waals surface area contributed by atoms with E-state index in [2.05, 4.69) is 55.1 Å². The highest BCUT2D eigenvalue weighted by atomic mass is 15.3. The van der Waals surface area contributed by atoms with E-state index < -0.39 is 0 Å². The van der Waals surface area contributed by atoms with Crippen LogP contribution < -0.4 is 10.6 Å². The SMILES string of the molecule is N#Cc1nccc(N2CCN(Cc3ccc(-n4c(-c5cccnc5N)nc5ccc(-c6ccccc6C#N)nc54)cc3)CC2)n1. The number of rotatable bonds is 6. The lowest BCUT2D eigenvalue weighted by molar-refractivity contribution is 0.249. The summed E-state index contributed by atoms with van der Waals surface area (Å²) in [6.07, 6.45) is 3.29. The number of hydrogen-bond acceptors (Lipinski definition) is 10. The summed E-state index contributed by atoms with van der Waals surface area (Å²) < 4.78 is 2.00. The highest BCUT2D eigenvalue weighted by Crippen LogP contribution is 2.32. The molecule has 4 aromatic heterocycles. The summed E-state index contributed by atoms with van der Waals surface area (Å²) in [6, 6.07) is 29.5. The summed E-state index contributed by atoms with van der Waals surface area (Å²) in [4.78, 5) is 27.2. The normalized spacial score (nSPS) is 13.4. The van der Waals surface area contributed by atoms with Crippen LogP contribution >= 0.6 is 0 Å². The zero-order valence-corrected chi connectivity index (χ0v) is 24.2. The Hall–Kier alpha value is -6.17. The van der Waals surface area contributed by atoms with Gasteiger partial charge in [-0.05, 0) is 54.1 Å². The highest BCUT2D eigenvalue weighted by molar-refractivity contribution is 5.85. The molecule has 11 heteroatoms. The van der Waals surface area contributed by atoms with Gasteiger partial charge in [0.05, 0.1) is 22.9 Å². The van der Waals surface area contributed by atoms with Gasteiger partial charge in [-0.3, -0.25) is 9.47 Å². The van der Waals surface area contributed by atoms with Gasteiger partial charge in [0.25, 0.3) is 0 Å². The molecule has 0 amide bonds. The van der Waals surface area contributed by atoms with Gasteiger partial charge in [0.2, 0.25) is 5.82 Å². The third kappa shape index (κ3) is 5.40. The number of nitrogen functional groups attached to an aromatic ring is 1. The predicted octanol–water partition coefficient (Wildman–Crippen LogP) is 4.59. The fourth-order valence-electron chi connectivity index (χ4n) is 5.67. The summed E-state index contributed by atoms with van der Waals surface area (Å²) in [6.45, 7) is 4.20. The van der Waals surface area contributed by atoms with Crippen LogP contribution in [0.3, 0.4) is 0 Å². The van der Waals surface area contributed by atoms with Gasteiger partial charge in [0.1, 0.15) is 23.2 Å². The molecule has 2 N–H and O–H groups in total. The van der Waals surface area contributed by atoms with Gasteiger partial charge in [-0.1, -0.05) is 30.3 Å². The predicted molar refractivity (Wildman–Crippen MR) is 171 cm³/mol. The van der Waals surface area contributed by atoms with Crippen LogP contribution in [0, 0.1) is 22.7 Å². The quantitative estimate of drug-likeness (QED) is 0.292. The Bertz CT molecular complexity index is 2100. The van der Waals surface area contributed by atoms with E-state index in [1.165, 1.54) is 5.56 Å². The van der Waals surface area contributed by atoms with Crippen molar-refractivity contribution < 1.29 is 0 Å². The van der Waals surface area contributed by atoms with Crippen LogP contribution in [0.15, 0.2) is 91.3 Å². The van der Waals surface area contributed by atoms with Crippen molar-refractivity contribution in [1.82, 2.24) is 34.4 Å². The van der Waals surface area contributed by atoms with E-state index in [4.69, 9.17) is 21.0 Å². The molecule has 1 saturated heterocycles. The molecule has 0 saturated carbocycles. The van der Waals surface area contributed by atoms with E-state index in [9.17, 15) is 5.26 Å². The highest BCUT2D eigenvalue weighted by Gasteiger charge is 2.21. The van der Waals surface area contributed by atoms with Crippen LogP contribution in [0.2, 0.25) is 0 Å². The maximum Gasteiger partial charge on any atom is 0.234 e. The van der Waals surface area contributed by atoms with Crippen molar-refractivity contribution in [2.24, 2.45) is 0 Å². The van der Waals surface area contributed by atoms with E-state index in [1.807, 2.05) is 59.2 Å². The van der Waals surface area contributed by atoms with Gasteiger partial charge in [-0.25, -0.2) is 24.9 Å². The molecule has 1 aliphatic heterocycles. The molecular formula is C34H27N11. The van der Waals surface area contributed by atoms with E-state index in [1.54, 1.807) is 18.5 Å². The number of nitriles is 2. The summed E-state index contributed by atoms with van der Waals surface area (Å²) in [5, 5.41) is 18.8. The van der Waals surface area contributed by atoms with E-state index in [0.29, 0.717) is 39.6 Å². The fourth-order valence-corrected chi connectivity index (χ4v) is 5.67. The smallest absolute Gasteiger partial charge is 0.234 e. The summed E-state index contributed by atoms with van der Waals surface area (Å²) in [5.41, 5.74) is 12.5. The van der Waals surface area contributed by atoms with Crippen molar-refractivity contribution in [2.45, 2.75) is 6.54 Å². The number of aromatic nitrogens is 6. The first-order valence-corrected chi connectivity index (χ1v) is 14.5. The Balaban J connectivity index is 1.19. The minimum atomic E-state index is 0.188. The number of nitrogens with zero attached hydrogens (tertiary/aromatic N) is 10. The fraction of sp³-hybridized carbons (Fsp3) is 0.147. The van der Waals surface area contributed by atoms with Crippen LogP contribution in [0.5, 0.6) is 0 Å². The Kier molecular flexibility index (Phi) is 7.28. The van der Waals surface area contributed by atoms with E-state index in [-0.39, 0.29) is 5.82 Å². The summed E-state index contributed by atoms with van der Waals surface area (Å²) in [5.74, 6) is 2.00. The topological polar surface area (TPSA) is 149 Å². The molecule has 7 rings (SSSR count). The molecule has 1 fully saturated rings. The third-order valence-corrected chi connectivity index (χ3v) is 7.95. The molecule has 0 radical (unpaired) electrons. The first kappa shape index (κ1) is 27.7. The van der Waals surface area contributed by atoms with E-state index in [0.717, 1.165) is 49.8 Å². The van der Waals surface area contributed by atoms with Gasteiger partial charge >= 0.3 is 0 Å². The van der Waals surface area contributed by atoms with Gasteiger partial charge in [0, 0.05) is 56.4 Å². The minimum absolute atomic E-state index is 0.188. The van der Waals surface area contributed by atoms with Crippen LogP contribution in [0.4, 0.5) is 11.6 Å². The zero-order chi connectivity index (χ0) is 30.8. The Morgan fingerprint density at radius 3 is 2.31 bits per heavy atom. The van der Waals surface area contributed by atoms with Crippen LogP contribution in [0.1, 0.15) is 17.0 Å². The summed E-state index contributed by atoms with van der Waals surface area (Å²) in [7, 11) is 0. The molecule has 11 nitrogen and oxygen atoms in total. The lowest BCUT2D eigenvalue weighted by Gasteiger charge is -2.35. The first-order chi connectivity index (χ1) is 22.1. The van der Waals surface area contributed by atoms with Gasteiger partial charge in [-0.15, -0.1) is 0 Å². The van der Waals surface area contributed by atoms with Crippen molar-refractivity contribution in [2.75, 3.05) is 36.8 Å². The number of imidazole rings is 1. The lowest BCUT2D eigenvalue weighted by atomic mass is 10.1. The second-order valence-electron chi connectivity index (χ2n) is 10.7. The molecule has 5 heterocycles. The second-order valence-corrected chi connectivity index (χ2v) is 10.7. The molecule has 0 unspecified atom stereocenters. The lowest BCUT2D eigenvalue weighted by Crippen LogP contribution is -2.46. The molecule has 45 heavy (non-hydrogen) atoms. The molecule has 2 aromatic carbocycles. The standard InChI is InChI=1S/C34H27N11/c35-20-24-4-1-2-5-26(24)28-11-12-29-34(40-28)45(33(41-29)27-6-3-14-39-32(27)37)25-9-7-23(8-10-25)22-43-16-18-44(19-17-43)31-13-15-38-30(21-36)42-31/h1-15H,16-19,22H2,(H2,37,39). The van der Waals surface area contributed by atoms with E-state index >= 15 is 0 Å². The molecular weight excluding hydrogens is 562 g/mol. The largest absolute Gasteiger partial charge is 0.383 e. The Labute approximate surface area is 259 Å². The molecule has 0 aliphatic carbocycles. The number of anilines is 2. The number of benzene rings is 2. The second kappa shape index (κ2) is 11.8. The average molecular weight is 590 g/mol. The van der Waals surface area contributed by atoms with Crippen molar-refractivity contribution >= 4 is 22.8 Å². The average Bonchev–Trinajstić information content (AvgIpc) is 3.47. The van der Waals surface area contributed by atoms with Gasteiger partial charge < -0.3 is 10.6 Å². The summed E-state index contributed by atoms with van der Waals surface area (Å²) >= 11 is 0. The maximum absolute atomic E-state index is 9.70. The number of nitrogens with two attached hydrogens (primary N) is 1. The van der Waals surface area contributed by atoms with Gasteiger partial charge in [0.15, 0.2) is 11.5 Å². The maximum atomic E-state index is 9.70. The third-order valence-electron chi connectivity index (χ3n) is 7.95. The number of hydrogen-bond donors (Lipinski definition) is 1. The number of piperazine rings is 1. The molecule has 218 valence electrons. The first-order valence-electron chi connectivity index (χ1n) is 14.5. The number of fused-ring (bicyclic) bond motifs is 1. The number of pyridine rings is 2. The van der Waals surface area contributed by atoms with Crippen molar-refractivity contribution in [3.8, 4) is 40.5 Å². The molecule has 0 spiro atoms. The van der Waals surface area contributed by atoms with Crippen LogP contribution in [0.25, 0.3) is 39.5 Å². The molecule has 1 aliphatic rings. The van der Waals surface area contributed by atoms with Crippen LogP contribution in [-0.4, -0.2) is 60.6 Å². The molecule has 0 bridgehead atoms. The molecule has 6 aromatic rings. The zero-order valence-electron chi connectivity index (χ0n) is 24.2. The van der Waals surface area contributed by atoms with Crippen LogP contribution in [-0.2, 0) is 6.54 Å². The Morgan fingerprint density at radius 1 is 0.733 bits per heavy atom. The van der Waals surface area contributed by atoms with Crippen molar-refractivity contribution in [3.63, 3.8) is 0 Å². The van der Waals surface area contributed by atoms with Crippen molar-refractivity contribution in [1.29, 1.82) is 10.5 Å². The Morgan fingerprint density at radius 2 is 1.53 bits per heavy atom. The van der Waals surface area contributed by atoms with Crippen molar-refractivity contribution in [3.05, 3.63) is 108 Å². The minimum Gasteiger partial charge on any atom is -0.383 e.